The number of amides is 2. The maximum Gasteiger partial charge on any atom is 0.229 e. The molecule has 2 amide bonds. The molecule has 0 bridgehead atoms. The molecule has 1 N–H and O–H groups in total. The van der Waals surface area contributed by atoms with Crippen LogP contribution in [0.25, 0.3) is 5.69 Å². The normalized spacial score (nSPS) is 17.4. The van der Waals surface area contributed by atoms with Gasteiger partial charge < -0.3 is 14.8 Å². The van der Waals surface area contributed by atoms with Gasteiger partial charge in [0.1, 0.15) is 0 Å². The number of carbonyl (C=O) groups is 2. The highest BCUT2D eigenvalue weighted by molar-refractivity contribution is 5.93. The van der Waals surface area contributed by atoms with E-state index in [1.807, 2.05) is 42.7 Å². The zero-order valence-electron chi connectivity index (χ0n) is 15.0. The Morgan fingerprint density at radius 2 is 1.92 bits per heavy atom. The second-order valence-electron chi connectivity index (χ2n) is 6.63. The van der Waals surface area contributed by atoms with Gasteiger partial charge in [-0.2, -0.15) is 0 Å². The number of anilines is 1. The third-order valence-corrected chi connectivity index (χ3v) is 4.90. The summed E-state index contributed by atoms with van der Waals surface area (Å²) in [7, 11) is 0. The molecule has 1 unspecified atom stereocenters. The van der Waals surface area contributed by atoms with E-state index in [9.17, 15) is 9.59 Å². The minimum Gasteiger partial charge on any atom is -0.342 e. The smallest absolute Gasteiger partial charge is 0.229 e. The monoisotopic (exact) mass is 340 g/mol. The van der Waals surface area contributed by atoms with Crippen LogP contribution in [-0.2, 0) is 9.59 Å². The maximum atomic E-state index is 12.5. The Hall–Kier alpha value is -2.63. The van der Waals surface area contributed by atoms with Gasteiger partial charge in [0.15, 0.2) is 0 Å². The van der Waals surface area contributed by atoms with E-state index in [1.165, 1.54) is 0 Å². The van der Waals surface area contributed by atoms with Crippen LogP contribution in [0.15, 0.2) is 30.6 Å². The standard InChI is InChI=1S/C19H24N4O2/c1-13-14(2)23(12-20-13)18-8-6-17(7-9-18)21-19(25)16-5-4-10-22(11-16)15(3)24/h6-9,12,16H,4-5,10-11H2,1-3H3,(H,21,25). The molecule has 1 fully saturated rings. The number of imidazole rings is 1. The number of aromatic nitrogens is 2. The second-order valence-corrected chi connectivity index (χ2v) is 6.63. The van der Waals surface area contributed by atoms with Gasteiger partial charge in [0, 0.05) is 37.1 Å². The number of piperidine rings is 1. The Bertz CT molecular complexity index is 779. The van der Waals surface area contributed by atoms with Crippen molar-refractivity contribution in [3.05, 3.63) is 42.0 Å². The lowest BCUT2D eigenvalue weighted by Gasteiger charge is -2.31. The minimum absolute atomic E-state index is 0.0200. The van der Waals surface area contributed by atoms with Crippen LogP contribution in [0.1, 0.15) is 31.2 Å². The third-order valence-electron chi connectivity index (χ3n) is 4.90. The molecule has 1 aromatic heterocycles. The summed E-state index contributed by atoms with van der Waals surface area (Å²) in [4.78, 5) is 30.1. The van der Waals surface area contributed by atoms with Crippen LogP contribution in [0, 0.1) is 19.8 Å². The molecule has 3 rings (SSSR count). The first kappa shape index (κ1) is 17.2. The van der Waals surface area contributed by atoms with Gasteiger partial charge in [0.05, 0.1) is 17.9 Å². The van der Waals surface area contributed by atoms with E-state index >= 15 is 0 Å². The molecule has 1 atom stereocenters. The number of rotatable bonds is 3. The van der Waals surface area contributed by atoms with Gasteiger partial charge in [-0.25, -0.2) is 4.98 Å². The highest BCUT2D eigenvalue weighted by atomic mass is 16.2. The van der Waals surface area contributed by atoms with Crippen molar-refractivity contribution >= 4 is 17.5 Å². The summed E-state index contributed by atoms with van der Waals surface area (Å²) >= 11 is 0. The van der Waals surface area contributed by atoms with E-state index in [4.69, 9.17) is 0 Å². The van der Waals surface area contributed by atoms with Crippen molar-refractivity contribution < 1.29 is 9.59 Å². The number of nitrogens with zero attached hydrogens (tertiary/aromatic N) is 3. The van der Waals surface area contributed by atoms with E-state index in [0.29, 0.717) is 6.54 Å². The lowest BCUT2D eigenvalue weighted by atomic mass is 9.97. The summed E-state index contributed by atoms with van der Waals surface area (Å²) in [6.07, 6.45) is 3.49. The molecular formula is C19H24N4O2. The fourth-order valence-electron chi connectivity index (χ4n) is 3.19. The van der Waals surface area contributed by atoms with E-state index in [2.05, 4.69) is 10.3 Å². The quantitative estimate of drug-likeness (QED) is 0.934. The van der Waals surface area contributed by atoms with Crippen molar-refractivity contribution in [2.45, 2.75) is 33.6 Å². The van der Waals surface area contributed by atoms with Crippen LogP contribution in [0.4, 0.5) is 5.69 Å². The second kappa shape index (κ2) is 7.09. The van der Waals surface area contributed by atoms with Crippen molar-refractivity contribution in [1.29, 1.82) is 0 Å². The highest BCUT2D eigenvalue weighted by Gasteiger charge is 2.26. The first-order valence-corrected chi connectivity index (χ1v) is 8.63. The predicted molar refractivity (Wildman–Crippen MR) is 96.6 cm³/mol. The first-order chi connectivity index (χ1) is 12.0. The van der Waals surface area contributed by atoms with Crippen LogP contribution < -0.4 is 5.32 Å². The van der Waals surface area contributed by atoms with E-state index < -0.39 is 0 Å². The molecule has 1 aliphatic rings. The Morgan fingerprint density at radius 3 is 2.52 bits per heavy atom. The van der Waals surface area contributed by atoms with Crippen molar-refractivity contribution in [2.24, 2.45) is 5.92 Å². The minimum atomic E-state index is -0.143. The number of nitrogens with one attached hydrogen (secondary N) is 1. The van der Waals surface area contributed by atoms with Crippen LogP contribution >= 0.6 is 0 Å². The SMILES string of the molecule is CC(=O)N1CCCC(C(=O)Nc2ccc(-n3cnc(C)c3C)cc2)C1. The van der Waals surface area contributed by atoms with Crippen molar-refractivity contribution in [3.63, 3.8) is 0 Å². The molecule has 6 heteroatoms. The van der Waals surface area contributed by atoms with Gasteiger partial charge in [0.25, 0.3) is 0 Å². The molecule has 2 aromatic rings. The molecule has 1 aliphatic heterocycles. The zero-order chi connectivity index (χ0) is 18.0. The molecule has 1 saturated heterocycles. The predicted octanol–water partition coefficient (Wildman–Crippen LogP) is 2.69. The molecule has 0 radical (unpaired) electrons. The molecule has 2 heterocycles. The lowest BCUT2D eigenvalue weighted by Crippen LogP contribution is -2.42. The zero-order valence-corrected chi connectivity index (χ0v) is 15.0. The topological polar surface area (TPSA) is 67.2 Å². The van der Waals surface area contributed by atoms with Crippen molar-refractivity contribution in [2.75, 3.05) is 18.4 Å². The maximum absolute atomic E-state index is 12.5. The summed E-state index contributed by atoms with van der Waals surface area (Å²) < 4.78 is 2.02. The van der Waals surface area contributed by atoms with E-state index in [0.717, 1.165) is 42.1 Å². The number of hydrogen-bond acceptors (Lipinski definition) is 3. The molecule has 0 saturated carbocycles. The highest BCUT2D eigenvalue weighted by Crippen LogP contribution is 2.20. The summed E-state index contributed by atoms with van der Waals surface area (Å²) in [5, 5.41) is 2.97. The van der Waals surface area contributed by atoms with Gasteiger partial charge in [-0.15, -0.1) is 0 Å². The first-order valence-electron chi connectivity index (χ1n) is 8.63. The lowest BCUT2D eigenvalue weighted by molar-refractivity contribution is -0.132. The molecule has 6 nitrogen and oxygen atoms in total. The fraction of sp³-hybridized carbons (Fsp3) is 0.421. The molecule has 0 aliphatic carbocycles. The number of likely N-dealkylation sites (tertiary alicyclic amines) is 1. The Balaban J connectivity index is 1.66. The number of benzene rings is 1. The Morgan fingerprint density at radius 1 is 1.20 bits per heavy atom. The van der Waals surface area contributed by atoms with Gasteiger partial charge >= 0.3 is 0 Å². The van der Waals surface area contributed by atoms with Gasteiger partial charge in [-0.05, 0) is 51.0 Å². The van der Waals surface area contributed by atoms with Crippen LogP contribution in [0.2, 0.25) is 0 Å². The molecule has 0 spiro atoms. The number of carbonyl (C=O) groups excluding carboxylic acids is 2. The van der Waals surface area contributed by atoms with E-state index in [-0.39, 0.29) is 17.7 Å². The fourth-order valence-corrected chi connectivity index (χ4v) is 3.19. The van der Waals surface area contributed by atoms with Crippen molar-refractivity contribution in [3.8, 4) is 5.69 Å². The van der Waals surface area contributed by atoms with Crippen LogP contribution in [0.5, 0.6) is 0 Å². The molecule has 132 valence electrons. The largest absolute Gasteiger partial charge is 0.342 e. The summed E-state index contributed by atoms with van der Waals surface area (Å²) in [6, 6.07) is 7.72. The Kier molecular flexibility index (Phi) is 4.88. The van der Waals surface area contributed by atoms with Crippen LogP contribution in [-0.4, -0.2) is 39.4 Å². The van der Waals surface area contributed by atoms with Crippen molar-refractivity contribution in [1.82, 2.24) is 14.5 Å². The van der Waals surface area contributed by atoms with E-state index in [1.54, 1.807) is 18.2 Å². The molecular weight excluding hydrogens is 316 g/mol. The number of hydrogen-bond donors (Lipinski definition) is 1. The summed E-state index contributed by atoms with van der Waals surface area (Å²) in [5.74, 6) is -0.128. The average molecular weight is 340 g/mol. The van der Waals surface area contributed by atoms with Gasteiger partial charge in [-0.1, -0.05) is 0 Å². The molecule has 1 aromatic carbocycles. The van der Waals surface area contributed by atoms with Gasteiger partial charge in [-0.3, -0.25) is 9.59 Å². The summed E-state index contributed by atoms with van der Waals surface area (Å²) in [5.41, 5.74) is 3.88. The Labute approximate surface area is 147 Å². The average Bonchev–Trinajstić information content (AvgIpc) is 2.95. The summed E-state index contributed by atoms with van der Waals surface area (Å²) in [6.45, 7) is 6.82. The molecule has 25 heavy (non-hydrogen) atoms. The van der Waals surface area contributed by atoms with Gasteiger partial charge in [0.2, 0.25) is 11.8 Å². The third kappa shape index (κ3) is 3.73. The van der Waals surface area contributed by atoms with Crippen LogP contribution in [0.3, 0.4) is 0 Å². The number of aryl methyl sites for hydroxylation is 1.